The van der Waals surface area contributed by atoms with E-state index in [4.69, 9.17) is 11.6 Å². The highest BCUT2D eigenvalue weighted by molar-refractivity contribution is 6.30. The Labute approximate surface area is 138 Å². The molecule has 0 aliphatic carbocycles. The number of nitrogens with one attached hydrogen (secondary N) is 1. The van der Waals surface area contributed by atoms with Crippen molar-refractivity contribution in [3.63, 3.8) is 0 Å². The molecule has 0 fully saturated rings. The second-order valence-electron chi connectivity index (χ2n) is 5.01. The third-order valence-corrected chi connectivity index (χ3v) is 3.85. The van der Waals surface area contributed by atoms with Crippen molar-refractivity contribution in [2.75, 3.05) is 0 Å². The molecule has 1 N–H and O–H groups in total. The van der Waals surface area contributed by atoms with Crippen molar-refractivity contribution < 1.29 is 16.9 Å². The lowest BCUT2D eigenvalue weighted by atomic mass is 10.1. The quantitative estimate of drug-likeness (QED) is 0.615. The van der Waals surface area contributed by atoms with Gasteiger partial charge in [-0.3, -0.25) is 4.79 Å². The predicted octanol–water partition coefficient (Wildman–Crippen LogP) is -1.11. The van der Waals surface area contributed by atoms with Gasteiger partial charge in [-0.05, 0) is 31.0 Å². The van der Waals surface area contributed by atoms with E-state index < -0.39 is 0 Å². The van der Waals surface area contributed by atoms with E-state index in [0.29, 0.717) is 23.6 Å². The number of aryl methyl sites for hydroxylation is 1. The highest BCUT2D eigenvalue weighted by Gasteiger charge is 2.19. The van der Waals surface area contributed by atoms with Gasteiger partial charge in [-0.2, -0.15) is 0 Å². The molecule has 5 nitrogen and oxygen atoms in total. The summed E-state index contributed by atoms with van der Waals surface area (Å²) in [5, 5.41) is 8.18. The molecule has 3 aromatic rings. The molecule has 0 aliphatic rings. The number of rotatable bonds is 3. The van der Waals surface area contributed by atoms with Gasteiger partial charge >= 0.3 is 5.65 Å². The zero-order chi connectivity index (χ0) is 15.0. The van der Waals surface area contributed by atoms with Crippen LogP contribution in [0.4, 0.5) is 0 Å². The molecule has 0 radical (unpaired) electrons. The van der Waals surface area contributed by atoms with E-state index in [1.54, 1.807) is 15.5 Å². The first-order valence-electron chi connectivity index (χ1n) is 6.83. The second kappa shape index (κ2) is 6.50. The first-order chi connectivity index (χ1) is 10.1. The largest absolute Gasteiger partial charge is 1.00 e. The van der Waals surface area contributed by atoms with Crippen molar-refractivity contribution in [2.45, 2.75) is 26.8 Å². The lowest BCUT2D eigenvalue weighted by Crippen LogP contribution is -3.00. The van der Waals surface area contributed by atoms with Crippen LogP contribution < -0.4 is 22.4 Å². The molecule has 0 saturated heterocycles. The lowest BCUT2D eigenvalue weighted by molar-refractivity contribution is -0.582. The number of aromatic nitrogens is 4. The van der Waals surface area contributed by atoms with E-state index in [1.807, 2.05) is 38.1 Å². The summed E-state index contributed by atoms with van der Waals surface area (Å²) in [4.78, 5) is 12.6. The van der Waals surface area contributed by atoms with Gasteiger partial charge in [0.25, 0.3) is 11.8 Å². The number of halogens is 2. The number of benzene rings is 1. The number of hydrogen-bond acceptors (Lipinski definition) is 2. The van der Waals surface area contributed by atoms with Crippen LogP contribution in [0, 0.1) is 6.92 Å². The Hall–Kier alpha value is -1.85. The summed E-state index contributed by atoms with van der Waals surface area (Å²) in [6, 6.07) is 7.54. The standard InChI is InChI=1S/C15H15ClN4O.ClH/c1-3-13-10(2)18-20-9-17-19(15(20)14(13)21)8-11-4-6-12(16)7-5-11;/h4-7,9H,3,8H2,1-2H3;1H. The summed E-state index contributed by atoms with van der Waals surface area (Å²) in [7, 11) is 0. The molecular formula is C15H16Cl2N4O. The number of H-pyrrole nitrogens is 1. The molecule has 3 rings (SSSR count). The van der Waals surface area contributed by atoms with E-state index in [0.717, 1.165) is 16.8 Å². The average Bonchev–Trinajstić information content (AvgIpc) is 2.85. The number of hydrogen-bond donors (Lipinski definition) is 1. The minimum absolute atomic E-state index is 0. The van der Waals surface area contributed by atoms with Crippen LogP contribution in [0.1, 0.15) is 23.7 Å². The van der Waals surface area contributed by atoms with Gasteiger partial charge in [0.1, 0.15) is 6.54 Å². The van der Waals surface area contributed by atoms with Crippen molar-refractivity contribution in [1.29, 1.82) is 0 Å². The highest BCUT2D eigenvalue weighted by atomic mass is 35.5. The van der Waals surface area contributed by atoms with E-state index in [2.05, 4.69) is 10.2 Å². The Morgan fingerprint density at radius 3 is 2.64 bits per heavy atom. The van der Waals surface area contributed by atoms with Crippen molar-refractivity contribution in [3.05, 3.63) is 62.7 Å². The van der Waals surface area contributed by atoms with Gasteiger partial charge in [-0.15, -0.1) is 4.52 Å². The summed E-state index contributed by atoms with van der Waals surface area (Å²) < 4.78 is 3.38. The Kier molecular flexibility index (Phi) is 4.88. The summed E-state index contributed by atoms with van der Waals surface area (Å²) in [5.41, 5.74) is 3.30. The Morgan fingerprint density at radius 1 is 1.32 bits per heavy atom. The Bertz CT molecular complexity index is 852. The Balaban J connectivity index is 0.00000176. The third-order valence-electron chi connectivity index (χ3n) is 3.60. The van der Waals surface area contributed by atoms with Gasteiger partial charge in [0.05, 0.1) is 0 Å². The average molecular weight is 339 g/mol. The third kappa shape index (κ3) is 2.87. The molecule has 7 heteroatoms. The van der Waals surface area contributed by atoms with Crippen molar-refractivity contribution in [3.8, 4) is 0 Å². The molecule has 0 amide bonds. The summed E-state index contributed by atoms with van der Waals surface area (Å²) >= 11 is 5.89. The molecule has 0 unspecified atom stereocenters. The van der Waals surface area contributed by atoms with Crippen LogP contribution in [0.2, 0.25) is 5.02 Å². The van der Waals surface area contributed by atoms with E-state index in [-0.39, 0.29) is 17.8 Å². The molecule has 0 bridgehead atoms. The van der Waals surface area contributed by atoms with Gasteiger partial charge in [0.2, 0.25) is 0 Å². The van der Waals surface area contributed by atoms with Crippen LogP contribution in [0.25, 0.3) is 5.65 Å². The minimum Gasteiger partial charge on any atom is -1.00 e. The summed E-state index contributed by atoms with van der Waals surface area (Å²) in [5.74, 6) is 0. The SMILES string of the molecule is CCc1c(C)[nH][n+]2cnn(Cc3ccc(Cl)cc3)c2c1=O.[Cl-]. The molecule has 2 aromatic heterocycles. The second-order valence-corrected chi connectivity index (χ2v) is 5.44. The van der Waals surface area contributed by atoms with Crippen LogP contribution in [0.3, 0.4) is 0 Å². The first-order valence-corrected chi connectivity index (χ1v) is 7.21. The van der Waals surface area contributed by atoms with Crippen LogP contribution in [0.15, 0.2) is 35.4 Å². The lowest BCUT2D eigenvalue weighted by Gasteiger charge is -2.01. The van der Waals surface area contributed by atoms with Gasteiger partial charge in [0.15, 0.2) is 0 Å². The van der Waals surface area contributed by atoms with Crippen molar-refractivity contribution in [2.24, 2.45) is 0 Å². The monoisotopic (exact) mass is 338 g/mol. The summed E-state index contributed by atoms with van der Waals surface area (Å²) in [6.45, 7) is 4.42. The number of nitrogens with zero attached hydrogens (tertiary/aromatic N) is 3. The zero-order valence-electron chi connectivity index (χ0n) is 12.3. The van der Waals surface area contributed by atoms with Crippen molar-refractivity contribution in [1.82, 2.24) is 14.9 Å². The molecule has 1 aromatic carbocycles. The molecule has 0 aliphatic heterocycles. The van der Waals surface area contributed by atoms with Gasteiger partial charge in [0, 0.05) is 21.4 Å². The fraction of sp³-hybridized carbons (Fsp3) is 0.267. The minimum atomic E-state index is 0. The smallest absolute Gasteiger partial charge is 0.331 e. The van der Waals surface area contributed by atoms with E-state index in [9.17, 15) is 4.79 Å². The fourth-order valence-electron chi connectivity index (χ4n) is 2.51. The molecule has 22 heavy (non-hydrogen) atoms. The van der Waals surface area contributed by atoms with Gasteiger partial charge in [-0.25, -0.2) is 5.10 Å². The fourth-order valence-corrected chi connectivity index (χ4v) is 2.64. The van der Waals surface area contributed by atoms with Crippen molar-refractivity contribution >= 4 is 17.2 Å². The highest BCUT2D eigenvalue weighted by Crippen LogP contribution is 2.10. The van der Waals surface area contributed by atoms with Crippen LogP contribution >= 0.6 is 11.6 Å². The van der Waals surface area contributed by atoms with Crippen LogP contribution in [-0.2, 0) is 13.0 Å². The first kappa shape index (κ1) is 16.5. The molecule has 0 saturated carbocycles. The van der Waals surface area contributed by atoms with Crippen LogP contribution in [0.5, 0.6) is 0 Å². The predicted molar refractivity (Wildman–Crippen MR) is 80.7 cm³/mol. The molecular weight excluding hydrogens is 323 g/mol. The van der Waals surface area contributed by atoms with E-state index in [1.165, 1.54) is 0 Å². The molecule has 0 atom stereocenters. The topological polar surface area (TPSA) is 54.8 Å². The molecule has 0 spiro atoms. The van der Waals surface area contributed by atoms with Gasteiger partial charge in [-0.1, -0.05) is 35.3 Å². The number of fused-ring (bicyclic) bond motifs is 1. The molecule has 2 heterocycles. The summed E-state index contributed by atoms with van der Waals surface area (Å²) in [6.07, 6.45) is 2.32. The molecule has 116 valence electrons. The zero-order valence-corrected chi connectivity index (χ0v) is 13.8. The van der Waals surface area contributed by atoms with E-state index >= 15 is 0 Å². The van der Waals surface area contributed by atoms with Gasteiger partial charge < -0.3 is 12.4 Å². The maximum atomic E-state index is 12.6. The normalized spacial score (nSPS) is 10.7. The Morgan fingerprint density at radius 2 is 2.00 bits per heavy atom. The maximum Gasteiger partial charge on any atom is 0.331 e. The van der Waals surface area contributed by atoms with Crippen LogP contribution in [-0.4, -0.2) is 14.9 Å². The maximum absolute atomic E-state index is 12.6. The number of aromatic amines is 1.